The first-order chi connectivity index (χ1) is 6.77. The minimum Gasteiger partial charge on any atom is -0.369 e. The van der Waals surface area contributed by atoms with Gasteiger partial charge in [-0.2, -0.15) is 8.42 Å². The predicted molar refractivity (Wildman–Crippen MR) is 73.4 cm³/mol. The molecule has 0 aromatic rings. The number of halogens is 1. The van der Waals surface area contributed by atoms with E-state index in [2.05, 4.69) is 4.99 Å². The third kappa shape index (κ3) is 6.14. The molecule has 0 bridgehead atoms. The highest BCUT2D eigenvalue weighted by molar-refractivity contribution is 14.1. The molecular weight excluding hydrogens is 327 g/mol. The van der Waals surface area contributed by atoms with Gasteiger partial charge in [0.25, 0.3) is 0 Å². The Morgan fingerprint density at radius 3 is 2.40 bits per heavy atom. The van der Waals surface area contributed by atoms with Gasteiger partial charge in [0.2, 0.25) is 10.3 Å². The fraction of sp³-hybridized carbons (Fsp3) is 0.778. The maximum atomic E-state index is 10.8. The van der Waals surface area contributed by atoms with Gasteiger partial charge in [0.15, 0.2) is 0 Å². The number of aliphatic imine (C=N–C) groups is 1. The van der Waals surface area contributed by atoms with Crippen molar-refractivity contribution in [3.63, 3.8) is 0 Å². The summed E-state index contributed by atoms with van der Waals surface area (Å²) in [5.74, 6) is 0. The molecule has 0 N–H and O–H groups in total. The summed E-state index contributed by atoms with van der Waals surface area (Å²) in [6.07, 6.45) is 2.46. The van der Waals surface area contributed by atoms with Crippen LogP contribution in [0.15, 0.2) is 4.99 Å². The first-order valence-corrected chi connectivity index (χ1v) is 6.71. The molecule has 0 amide bonds. The highest BCUT2D eigenvalue weighted by atomic mass is 127. The average molecular weight is 344 g/mol. The summed E-state index contributed by atoms with van der Waals surface area (Å²) in [6, 6.07) is 0. The maximum Gasteiger partial charge on any atom is 0.224 e. The molecule has 4 nitrogen and oxygen atoms in total. The lowest BCUT2D eigenvalue weighted by molar-refractivity contribution is 0.496. The van der Waals surface area contributed by atoms with Gasteiger partial charge >= 0.3 is 0 Å². The molecule has 0 aliphatic heterocycles. The predicted octanol–water partition coefficient (Wildman–Crippen LogP) is 1.44. The number of nitrogens with zero attached hydrogens (tertiary/aromatic N) is 2. The van der Waals surface area contributed by atoms with Crippen LogP contribution < -0.4 is 0 Å². The van der Waals surface area contributed by atoms with E-state index in [1.807, 2.05) is 55.4 Å². The van der Waals surface area contributed by atoms with Crippen molar-refractivity contribution < 1.29 is 8.42 Å². The molecule has 0 aromatic heterocycles. The topological polar surface area (TPSA) is 49.7 Å². The van der Waals surface area contributed by atoms with Crippen LogP contribution >= 0.6 is 22.6 Å². The third-order valence-electron chi connectivity index (χ3n) is 1.86. The van der Waals surface area contributed by atoms with Gasteiger partial charge in [0.05, 0.1) is 6.34 Å². The molecule has 0 fully saturated rings. The highest BCUT2D eigenvalue weighted by Crippen LogP contribution is 2.25. The molecule has 0 saturated carbocycles. The van der Waals surface area contributed by atoms with Gasteiger partial charge in [-0.3, -0.25) is 4.99 Å². The van der Waals surface area contributed by atoms with Crippen LogP contribution in [0, 0.1) is 5.41 Å². The lowest BCUT2D eigenvalue weighted by Crippen LogP contribution is -2.21. The Kier molecular flexibility index (Phi) is 6.42. The third-order valence-corrected chi connectivity index (χ3v) is 5.24. The van der Waals surface area contributed by atoms with E-state index < -0.39 is 10.3 Å². The molecule has 0 aliphatic rings. The second kappa shape index (κ2) is 6.47. The van der Waals surface area contributed by atoms with E-state index in [0.29, 0.717) is 9.42 Å². The zero-order valence-corrected chi connectivity index (χ0v) is 12.5. The lowest BCUT2D eigenvalue weighted by Gasteiger charge is -2.20. The quantitative estimate of drug-likeness (QED) is 0.249. The van der Waals surface area contributed by atoms with Gasteiger partial charge in [-0.15, -0.1) is 0 Å². The maximum absolute atomic E-state index is 10.8. The molecule has 0 aromatic carbocycles. The minimum atomic E-state index is -2.10. The first-order valence-electron chi connectivity index (χ1n) is 4.56. The van der Waals surface area contributed by atoms with Gasteiger partial charge in [-0.1, -0.05) is 13.8 Å². The first kappa shape index (κ1) is 14.9. The van der Waals surface area contributed by atoms with Gasteiger partial charge < -0.3 is 4.90 Å². The number of rotatable bonds is 5. The van der Waals surface area contributed by atoms with Crippen LogP contribution in [0.4, 0.5) is 0 Å². The SMILES string of the molecule is CN(C)C=NCCC(C)(C)C(I)=S(=O)=O. The number of hydrogen-bond donors (Lipinski definition) is 0. The molecular formula is C9H17IN2O2S. The molecule has 0 spiro atoms. The van der Waals surface area contributed by atoms with Crippen LogP contribution in [0.3, 0.4) is 0 Å². The second-order valence-electron chi connectivity index (χ2n) is 4.13. The van der Waals surface area contributed by atoms with Crippen LogP contribution in [-0.2, 0) is 10.3 Å². The minimum absolute atomic E-state index is 0.323. The molecule has 0 unspecified atom stereocenters. The van der Waals surface area contributed by atoms with E-state index in [-0.39, 0.29) is 5.41 Å². The van der Waals surface area contributed by atoms with E-state index in [0.717, 1.165) is 6.42 Å². The Labute approximate surface area is 106 Å². The highest BCUT2D eigenvalue weighted by Gasteiger charge is 2.23. The summed E-state index contributed by atoms with van der Waals surface area (Å²) in [5, 5.41) is 0. The normalized spacial score (nSPS) is 11.8. The zero-order chi connectivity index (χ0) is 12.1. The van der Waals surface area contributed by atoms with Crippen molar-refractivity contribution in [3.05, 3.63) is 0 Å². The summed E-state index contributed by atoms with van der Waals surface area (Å²) in [6.45, 7) is 4.46. The largest absolute Gasteiger partial charge is 0.369 e. The van der Waals surface area contributed by atoms with E-state index in [9.17, 15) is 8.42 Å². The fourth-order valence-electron chi connectivity index (χ4n) is 0.889. The zero-order valence-electron chi connectivity index (χ0n) is 9.49. The number of hydrogen-bond acceptors (Lipinski definition) is 3. The smallest absolute Gasteiger partial charge is 0.224 e. The van der Waals surface area contributed by atoms with E-state index >= 15 is 0 Å². The van der Waals surface area contributed by atoms with Crippen molar-refractivity contribution in [1.82, 2.24) is 4.90 Å². The Morgan fingerprint density at radius 2 is 2.00 bits per heavy atom. The van der Waals surface area contributed by atoms with Gasteiger partial charge in [-0.05, 0) is 29.0 Å². The van der Waals surface area contributed by atoms with Crippen LogP contribution in [0.2, 0.25) is 0 Å². The Balaban J connectivity index is 4.36. The van der Waals surface area contributed by atoms with Gasteiger partial charge in [-0.25, -0.2) is 0 Å². The fourth-order valence-corrected chi connectivity index (χ4v) is 1.71. The molecule has 0 atom stereocenters. The van der Waals surface area contributed by atoms with E-state index in [4.69, 9.17) is 0 Å². The summed E-state index contributed by atoms with van der Waals surface area (Å²) in [5.41, 5.74) is -0.323. The van der Waals surface area contributed by atoms with Crippen molar-refractivity contribution in [1.29, 1.82) is 0 Å². The Hall–Kier alpha value is -0.110. The molecule has 0 rings (SSSR count). The molecule has 0 radical (unpaired) electrons. The van der Waals surface area contributed by atoms with Crippen LogP contribution in [0.25, 0.3) is 0 Å². The summed E-state index contributed by atoms with van der Waals surface area (Å²) in [4.78, 5) is 6.04. The Bertz CT molecular complexity index is 350. The summed E-state index contributed by atoms with van der Waals surface area (Å²) >= 11 is 1.88. The molecule has 88 valence electrons. The summed E-state index contributed by atoms with van der Waals surface area (Å²) in [7, 11) is 1.70. The Morgan fingerprint density at radius 1 is 1.47 bits per heavy atom. The van der Waals surface area contributed by atoms with Gasteiger partial charge in [0.1, 0.15) is 2.87 Å². The summed E-state index contributed by atoms with van der Waals surface area (Å²) < 4.78 is 22.0. The van der Waals surface area contributed by atoms with Crippen molar-refractivity contribution in [2.45, 2.75) is 20.3 Å². The lowest BCUT2D eigenvalue weighted by atomic mass is 9.92. The standard InChI is InChI=1S/C9H17IN2O2S/c1-9(2,8(10)15(13)14)5-6-11-7-12(3)4/h7H,5-6H2,1-4H3. The van der Waals surface area contributed by atoms with Crippen LogP contribution in [0.1, 0.15) is 20.3 Å². The van der Waals surface area contributed by atoms with Gasteiger partial charge in [0, 0.05) is 26.1 Å². The van der Waals surface area contributed by atoms with Crippen molar-refractivity contribution >= 4 is 42.1 Å². The van der Waals surface area contributed by atoms with Crippen molar-refractivity contribution in [3.8, 4) is 0 Å². The van der Waals surface area contributed by atoms with Crippen LogP contribution in [0.5, 0.6) is 0 Å². The molecule has 0 aliphatic carbocycles. The van der Waals surface area contributed by atoms with E-state index in [1.165, 1.54) is 0 Å². The van der Waals surface area contributed by atoms with E-state index in [1.54, 1.807) is 6.34 Å². The molecule has 15 heavy (non-hydrogen) atoms. The van der Waals surface area contributed by atoms with Crippen molar-refractivity contribution in [2.75, 3.05) is 20.6 Å². The van der Waals surface area contributed by atoms with Crippen LogP contribution in [-0.4, -0.2) is 43.2 Å². The second-order valence-corrected chi connectivity index (χ2v) is 6.82. The average Bonchev–Trinajstić information content (AvgIpc) is 2.10. The monoisotopic (exact) mass is 344 g/mol. The van der Waals surface area contributed by atoms with Crippen molar-refractivity contribution in [2.24, 2.45) is 10.4 Å². The molecule has 0 saturated heterocycles. The molecule has 6 heteroatoms. The molecule has 0 heterocycles.